The molecule has 0 aliphatic heterocycles. The summed E-state index contributed by atoms with van der Waals surface area (Å²) in [7, 11) is 0. The third kappa shape index (κ3) is 2.43. The Kier molecular flexibility index (Phi) is 3.01. The zero-order valence-electron chi connectivity index (χ0n) is 5.79. The molecule has 7 heteroatoms. The number of pyridine rings is 1. The van der Waals surface area contributed by atoms with Gasteiger partial charge in [0.05, 0.1) is 5.56 Å². The molecule has 0 fully saturated rings. The summed E-state index contributed by atoms with van der Waals surface area (Å²) in [5, 5.41) is -0.738. The SMILES string of the molecule is Fc1cc(C(F)(F)F)c(Cl)nc1I. The number of halogens is 6. The minimum Gasteiger partial charge on any atom is -0.226 e. The van der Waals surface area contributed by atoms with Crippen molar-refractivity contribution >= 4 is 34.2 Å². The van der Waals surface area contributed by atoms with Gasteiger partial charge in [0.2, 0.25) is 0 Å². The molecule has 0 saturated heterocycles. The van der Waals surface area contributed by atoms with Crippen LogP contribution in [0.2, 0.25) is 5.15 Å². The maximum Gasteiger partial charge on any atom is 0.419 e. The van der Waals surface area contributed by atoms with Crippen LogP contribution in [0.5, 0.6) is 0 Å². The van der Waals surface area contributed by atoms with Crippen LogP contribution < -0.4 is 0 Å². The van der Waals surface area contributed by atoms with Gasteiger partial charge in [-0.3, -0.25) is 0 Å². The summed E-state index contributed by atoms with van der Waals surface area (Å²) >= 11 is 6.64. The smallest absolute Gasteiger partial charge is 0.226 e. The molecule has 1 rings (SSSR count). The Bertz CT molecular complexity index is 338. The van der Waals surface area contributed by atoms with Gasteiger partial charge < -0.3 is 0 Å². The zero-order chi connectivity index (χ0) is 10.2. The lowest BCUT2D eigenvalue weighted by atomic mass is 10.3. The largest absolute Gasteiger partial charge is 0.419 e. The van der Waals surface area contributed by atoms with Crippen molar-refractivity contribution in [3.63, 3.8) is 0 Å². The first-order valence-corrected chi connectivity index (χ1v) is 4.37. The maximum atomic E-state index is 12.7. The van der Waals surface area contributed by atoms with Gasteiger partial charge in [-0.1, -0.05) is 11.6 Å². The number of alkyl halides is 3. The van der Waals surface area contributed by atoms with E-state index in [1.54, 1.807) is 0 Å². The molecule has 0 bridgehead atoms. The van der Waals surface area contributed by atoms with Crippen LogP contribution in [0.3, 0.4) is 0 Å². The van der Waals surface area contributed by atoms with E-state index in [4.69, 9.17) is 11.6 Å². The standard InChI is InChI=1S/C6HClF4IN/c7-4-2(6(9,10)11)1-3(8)5(12)13-4/h1H. The number of hydrogen-bond donors (Lipinski definition) is 0. The van der Waals surface area contributed by atoms with Gasteiger partial charge in [0, 0.05) is 0 Å². The number of aromatic nitrogens is 1. The fourth-order valence-electron chi connectivity index (χ4n) is 0.644. The van der Waals surface area contributed by atoms with Crippen molar-refractivity contribution in [3.05, 3.63) is 26.3 Å². The third-order valence-corrected chi connectivity index (χ3v) is 2.24. The van der Waals surface area contributed by atoms with Gasteiger partial charge in [0.15, 0.2) is 5.82 Å². The van der Waals surface area contributed by atoms with Gasteiger partial charge in [-0.05, 0) is 28.7 Å². The molecular formula is C6HClF4IN. The molecule has 0 aliphatic carbocycles. The molecule has 13 heavy (non-hydrogen) atoms. The maximum absolute atomic E-state index is 12.7. The van der Waals surface area contributed by atoms with E-state index in [1.165, 1.54) is 22.6 Å². The van der Waals surface area contributed by atoms with Crippen molar-refractivity contribution < 1.29 is 17.6 Å². The zero-order valence-corrected chi connectivity index (χ0v) is 8.71. The molecule has 0 aliphatic rings. The minimum atomic E-state index is -4.67. The van der Waals surface area contributed by atoms with E-state index in [0.29, 0.717) is 6.07 Å². The molecule has 0 amide bonds. The van der Waals surface area contributed by atoms with Crippen molar-refractivity contribution in [3.8, 4) is 0 Å². The van der Waals surface area contributed by atoms with Gasteiger partial charge in [-0.15, -0.1) is 0 Å². The number of nitrogens with zero attached hydrogens (tertiary/aromatic N) is 1. The molecule has 0 aromatic carbocycles. The monoisotopic (exact) mass is 325 g/mol. The van der Waals surface area contributed by atoms with Crippen LogP contribution in [-0.4, -0.2) is 4.98 Å². The Morgan fingerprint density at radius 1 is 1.38 bits per heavy atom. The molecule has 72 valence electrons. The topological polar surface area (TPSA) is 12.9 Å². The summed E-state index contributed by atoms with van der Waals surface area (Å²) in [5.74, 6) is -1.03. The molecule has 0 spiro atoms. The normalized spacial score (nSPS) is 11.8. The van der Waals surface area contributed by atoms with Gasteiger partial charge in [0.25, 0.3) is 0 Å². The molecule has 1 heterocycles. The quantitative estimate of drug-likeness (QED) is 0.404. The summed E-state index contributed by atoms with van der Waals surface area (Å²) < 4.78 is 48.7. The van der Waals surface area contributed by atoms with Gasteiger partial charge >= 0.3 is 6.18 Å². The second-order valence-corrected chi connectivity index (χ2v) is 3.48. The Morgan fingerprint density at radius 3 is 2.38 bits per heavy atom. The Morgan fingerprint density at radius 2 is 1.92 bits per heavy atom. The summed E-state index contributed by atoms with van der Waals surface area (Å²) in [6.45, 7) is 0. The van der Waals surface area contributed by atoms with E-state index >= 15 is 0 Å². The van der Waals surface area contributed by atoms with Gasteiger partial charge in [-0.2, -0.15) is 13.2 Å². The molecule has 1 nitrogen and oxygen atoms in total. The second-order valence-electron chi connectivity index (χ2n) is 2.10. The molecular weight excluding hydrogens is 324 g/mol. The van der Waals surface area contributed by atoms with Crippen LogP contribution in [0, 0.1) is 9.52 Å². The molecule has 0 saturated carbocycles. The minimum absolute atomic E-state index is 0.185. The lowest BCUT2D eigenvalue weighted by molar-refractivity contribution is -0.137. The van der Waals surface area contributed by atoms with Crippen LogP contribution >= 0.6 is 34.2 Å². The van der Waals surface area contributed by atoms with Crippen LogP contribution in [0.1, 0.15) is 5.56 Å². The Balaban J connectivity index is 3.32. The lowest BCUT2D eigenvalue weighted by Gasteiger charge is -2.08. The van der Waals surface area contributed by atoms with Crippen LogP contribution in [0.4, 0.5) is 17.6 Å². The highest BCUT2D eigenvalue weighted by Crippen LogP contribution is 2.34. The Hall–Kier alpha value is -0.110. The van der Waals surface area contributed by atoms with E-state index in [0.717, 1.165) is 0 Å². The van der Waals surface area contributed by atoms with Crippen molar-refractivity contribution in [1.29, 1.82) is 0 Å². The fraction of sp³-hybridized carbons (Fsp3) is 0.167. The number of hydrogen-bond acceptors (Lipinski definition) is 1. The highest BCUT2D eigenvalue weighted by molar-refractivity contribution is 14.1. The van der Waals surface area contributed by atoms with Crippen LogP contribution in [0.15, 0.2) is 6.07 Å². The Labute approximate surface area is 89.2 Å². The van der Waals surface area contributed by atoms with E-state index in [-0.39, 0.29) is 3.70 Å². The van der Waals surface area contributed by atoms with Crippen molar-refractivity contribution in [1.82, 2.24) is 4.98 Å². The van der Waals surface area contributed by atoms with E-state index in [2.05, 4.69) is 4.98 Å². The van der Waals surface area contributed by atoms with Crippen LogP contribution in [0.25, 0.3) is 0 Å². The third-order valence-electron chi connectivity index (χ3n) is 1.19. The molecule has 1 aromatic heterocycles. The first-order chi connectivity index (χ1) is 5.82. The fourth-order valence-corrected chi connectivity index (χ4v) is 1.43. The second kappa shape index (κ2) is 3.56. The van der Waals surface area contributed by atoms with Crippen molar-refractivity contribution in [2.45, 2.75) is 6.18 Å². The molecule has 0 radical (unpaired) electrons. The van der Waals surface area contributed by atoms with E-state index in [1.807, 2.05) is 0 Å². The molecule has 0 unspecified atom stereocenters. The first kappa shape index (κ1) is 11.0. The van der Waals surface area contributed by atoms with E-state index < -0.39 is 22.7 Å². The molecule has 0 N–H and O–H groups in total. The summed E-state index contributed by atoms with van der Waals surface area (Å²) in [5.41, 5.74) is -1.26. The van der Waals surface area contributed by atoms with Crippen LogP contribution in [-0.2, 0) is 6.18 Å². The number of rotatable bonds is 0. The predicted octanol–water partition coefficient (Wildman–Crippen LogP) is 3.50. The molecule has 1 aromatic rings. The lowest BCUT2D eigenvalue weighted by Crippen LogP contribution is -2.08. The summed E-state index contributed by atoms with van der Waals surface area (Å²) in [6.07, 6.45) is -4.67. The van der Waals surface area contributed by atoms with Crippen molar-refractivity contribution in [2.75, 3.05) is 0 Å². The van der Waals surface area contributed by atoms with Gasteiger partial charge in [-0.25, -0.2) is 9.37 Å². The average molecular weight is 325 g/mol. The van der Waals surface area contributed by atoms with Gasteiger partial charge in [0.1, 0.15) is 8.85 Å². The predicted molar refractivity (Wildman–Crippen MR) is 46.9 cm³/mol. The van der Waals surface area contributed by atoms with E-state index in [9.17, 15) is 17.6 Å². The highest BCUT2D eigenvalue weighted by Gasteiger charge is 2.34. The first-order valence-electron chi connectivity index (χ1n) is 2.91. The average Bonchev–Trinajstić information content (AvgIpc) is 1.94. The van der Waals surface area contributed by atoms with Crippen molar-refractivity contribution in [2.24, 2.45) is 0 Å². The highest BCUT2D eigenvalue weighted by atomic mass is 127. The summed E-state index contributed by atoms with van der Waals surface area (Å²) in [6, 6.07) is 0.330. The summed E-state index contributed by atoms with van der Waals surface area (Å²) in [4.78, 5) is 3.20. The molecule has 0 atom stereocenters.